The predicted octanol–water partition coefficient (Wildman–Crippen LogP) is 1.01. The molecule has 1 aromatic heterocycles. The zero-order valence-corrected chi connectivity index (χ0v) is 8.62. The summed E-state index contributed by atoms with van der Waals surface area (Å²) in [5.41, 5.74) is 5.38. The molecule has 82 valence electrons. The van der Waals surface area contributed by atoms with Gasteiger partial charge in [-0.15, -0.1) is 0 Å². The fraction of sp³-hybridized carbons (Fsp3) is 0.600. The Morgan fingerprint density at radius 2 is 2.20 bits per heavy atom. The number of aromatic nitrogens is 2. The minimum absolute atomic E-state index is 0.105. The maximum Gasteiger partial charge on any atom is 0.245 e. The van der Waals surface area contributed by atoms with E-state index in [2.05, 4.69) is 15.5 Å². The van der Waals surface area contributed by atoms with Gasteiger partial charge < -0.3 is 11.1 Å². The van der Waals surface area contributed by atoms with E-state index < -0.39 is 5.54 Å². The fourth-order valence-electron chi connectivity index (χ4n) is 1.98. The number of nitrogens with two attached hydrogens (primary N) is 1. The van der Waals surface area contributed by atoms with Gasteiger partial charge in [-0.3, -0.25) is 9.89 Å². The number of nitrogens with zero attached hydrogens (tertiary/aromatic N) is 1. The number of anilines is 1. The standard InChI is InChI=1S/C10H16N4O/c11-10(5-2-1-3-6-10)9(15)13-8-4-7-12-14-8/h4,7H,1-3,5-6,11H2,(H2,12,13,14,15). The molecular weight excluding hydrogens is 192 g/mol. The minimum atomic E-state index is -0.691. The molecule has 15 heavy (non-hydrogen) atoms. The Labute approximate surface area is 88.4 Å². The topological polar surface area (TPSA) is 83.8 Å². The summed E-state index contributed by atoms with van der Waals surface area (Å²) in [6, 6.07) is 1.71. The summed E-state index contributed by atoms with van der Waals surface area (Å²) in [6.45, 7) is 0. The van der Waals surface area contributed by atoms with Crippen molar-refractivity contribution in [2.24, 2.45) is 5.73 Å². The average molecular weight is 208 g/mol. The number of aromatic amines is 1. The van der Waals surface area contributed by atoms with Crippen LogP contribution in [0.4, 0.5) is 5.82 Å². The van der Waals surface area contributed by atoms with Gasteiger partial charge in [0.2, 0.25) is 5.91 Å². The van der Waals surface area contributed by atoms with E-state index in [1.165, 1.54) is 6.42 Å². The third kappa shape index (κ3) is 2.18. The summed E-state index contributed by atoms with van der Waals surface area (Å²) in [4.78, 5) is 11.9. The van der Waals surface area contributed by atoms with Crippen molar-refractivity contribution < 1.29 is 4.79 Å². The van der Waals surface area contributed by atoms with Crippen LogP contribution in [0.3, 0.4) is 0 Å². The van der Waals surface area contributed by atoms with Crippen LogP contribution in [0.5, 0.6) is 0 Å². The fourth-order valence-corrected chi connectivity index (χ4v) is 1.98. The van der Waals surface area contributed by atoms with Crippen LogP contribution < -0.4 is 11.1 Å². The lowest BCUT2D eigenvalue weighted by Gasteiger charge is -2.31. The highest BCUT2D eigenvalue weighted by Gasteiger charge is 2.35. The Morgan fingerprint density at radius 3 is 2.80 bits per heavy atom. The summed E-state index contributed by atoms with van der Waals surface area (Å²) in [5.74, 6) is 0.502. The molecule has 1 aliphatic carbocycles. The number of carbonyl (C=O) groups excluding carboxylic acids is 1. The van der Waals surface area contributed by atoms with Gasteiger partial charge in [-0.25, -0.2) is 0 Å². The molecule has 1 aromatic rings. The molecule has 0 aliphatic heterocycles. The van der Waals surface area contributed by atoms with Crippen LogP contribution in [-0.4, -0.2) is 21.6 Å². The maximum absolute atomic E-state index is 11.9. The van der Waals surface area contributed by atoms with Gasteiger partial charge in [0.25, 0.3) is 0 Å². The predicted molar refractivity (Wildman–Crippen MR) is 57.2 cm³/mol. The molecule has 4 N–H and O–H groups in total. The zero-order valence-electron chi connectivity index (χ0n) is 8.62. The Morgan fingerprint density at radius 1 is 1.47 bits per heavy atom. The number of hydrogen-bond donors (Lipinski definition) is 3. The molecule has 1 saturated carbocycles. The highest BCUT2D eigenvalue weighted by atomic mass is 16.2. The second-order valence-electron chi connectivity index (χ2n) is 4.14. The summed E-state index contributed by atoms with van der Waals surface area (Å²) in [6.07, 6.45) is 6.38. The monoisotopic (exact) mass is 208 g/mol. The van der Waals surface area contributed by atoms with Gasteiger partial charge in [0.05, 0.1) is 11.7 Å². The molecular formula is C10H16N4O. The van der Waals surface area contributed by atoms with Gasteiger partial charge in [-0.1, -0.05) is 19.3 Å². The van der Waals surface area contributed by atoms with E-state index in [0.29, 0.717) is 5.82 Å². The highest BCUT2D eigenvalue weighted by Crippen LogP contribution is 2.26. The van der Waals surface area contributed by atoms with Crippen LogP contribution in [0.2, 0.25) is 0 Å². The van der Waals surface area contributed by atoms with Crippen molar-refractivity contribution in [3.8, 4) is 0 Å². The number of hydrogen-bond acceptors (Lipinski definition) is 3. The molecule has 0 spiro atoms. The van der Waals surface area contributed by atoms with Gasteiger partial charge >= 0.3 is 0 Å². The zero-order chi connectivity index (χ0) is 10.7. The summed E-state index contributed by atoms with van der Waals surface area (Å²) >= 11 is 0. The van der Waals surface area contributed by atoms with Crippen molar-refractivity contribution in [1.29, 1.82) is 0 Å². The van der Waals surface area contributed by atoms with E-state index in [4.69, 9.17) is 5.73 Å². The third-order valence-electron chi connectivity index (χ3n) is 2.95. The van der Waals surface area contributed by atoms with Crippen molar-refractivity contribution in [2.45, 2.75) is 37.6 Å². The molecule has 1 heterocycles. The molecule has 0 aromatic carbocycles. The maximum atomic E-state index is 11.9. The minimum Gasteiger partial charge on any atom is -0.317 e. The molecule has 1 amide bonds. The van der Waals surface area contributed by atoms with E-state index in [1.54, 1.807) is 12.3 Å². The molecule has 0 unspecified atom stereocenters. The SMILES string of the molecule is NC1(C(=O)Nc2ccn[nH]2)CCCCC1. The second kappa shape index (κ2) is 4.02. The Hall–Kier alpha value is -1.36. The molecule has 5 heteroatoms. The van der Waals surface area contributed by atoms with Crippen LogP contribution in [0.15, 0.2) is 12.3 Å². The lowest BCUT2D eigenvalue weighted by atomic mass is 9.82. The first kappa shape index (κ1) is 10.2. The molecule has 5 nitrogen and oxygen atoms in total. The average Bonchev–Trinajstić information content (AvgIpc) is 2.71. The molecule has 1 aliphatic rings. The van der Waals surface area contributed by atoms with Gasteiger partial charge in [0, 0.05) is 6.07 Å². The molecule has 0 saturated heterocycles. The normalized spacial score (nSPS) is 19.8. The van der Waals surface area contributed by atoms with Crippen molar-refractivity contribution in [3.63, 3.8) is 0 Å². The summed E-state index contributed by atoms with van der Waals surface area (Å²) in [7, 11) is 0. The van der Waals surface area contributed by atoms with E-state index in [-0.39, 0.29) is 5.91 Å². The lowest BCUT2D eigenvalue weighted by Crippen LogP contribution is -2.52. The lowest BCUT2D eigenvalue weighted by molar-refractivity contribution is -0.122. The van der Waals surface area contributed by atoms with Crippen molar-refractivity contribution in [3.05, 3.63) is 12.3 Å². The number of rotatable bonds is 2. The summed E-state index contributed by atoms with van der Waals surface area (Å²) < 4.78 is 0. The second-order valence-corrected chi connectivity index (χ2v) is 4.14. The number of nitrogens with one attached hydrogen (secondary N) is 2. The first-order valence-electron chi connectivity index (χ1n) is 5.30. The van der Waals surface area contributed by atoms with Gasteiger partial charge in [0.1, 0.15) is 5.82 Å². The van der Waals surface area contributed by atoms with Gasteiger partial charge in [-0.05, 0) is 12.8 Å². The molecule has 1 fully saturated rings. The van der Waals surface area contributed by atoms with Crippen LogP contribution in [0.1, 0.15) is 32.1 Å². The molecule has 0 bridgehead atoms. The quantitative estimate of drug-likeness (QED) is 0.678. The van der Waals surface area contributed by atoms with E-state index >= 15 is 0 Å². The van der Waals surface area contributed by atoms with Gasteiger partial charge in [0.15, 0.2) is 0 Å². The van der Waals surface area contributed by atoms with Crippen molar-refractivity contribution in [2.75, 3.05) is 5.32 Å². The third-order valence-corrected chi connectivity index (χ3v) is 2.95. The van der Waals surface area contributed by atoms with E-state index in [0.717, 1.165) is 25.7 Å². The first-order valence-corrected chi connectivity index (χ1v) is 5.30. The van der Waals surface area contributed by atoms with E-state index in [9.17, 15) is 4.79 Å². The Balaban J connectivity index is 2.00. The number of carbonyl (C=O) groups is 1. The number of H-pyrrole nitrogens is 1. The van der Waals surface area contributed by atoms with Gasteiger partial charge in [-0.2, -0.15) is 5.10 Å². The largest absolute Gasteiger partial charge is 0.317 e. The van der Waals surface area contributed by atoms with Crippen LogP contribution in [0.25, 0.3) is 0 Å². The van der Waals surface area contributed by atoms with Crippen molar-refractivity contribution in [1.82, 2.24) is 10.2 Å². The van der Waals surface area contributed by atoms with Crippen LogP contribution in [-0.2, 0) is 4.79 Å². The van der Waals surface area contributed by atoms with Crippen molar-refractivity contribution >= 4 is 11.7 Å². The molecule has 0 radical (unpaired) electrons. The number of amides is 1. The van der Waals surface area contributed by atoms with E-state index in [1.807, 2.05) is 0 Å². The smallest absolute Gasteiger partial charge is 0.245 e. The van der Waals surface area contributed by atoms with Crippen LogP contribution >= 0.6 is 0 Å². The Bertz CT molecular complexity index is 327. The summed E-state index contributed by atoms with van der Waals surface area (Å²) in [5, 5.41) is 9.20. The molecule has 0 atom stereocenters. The molecule has 2 rings (SSSR count). The Kier molecular flexibility index (Phi) is 2.73. The van der Waals surface area contributed by atoms with Crippen LogP contribution in [0, 0.1) is 0 Å². The first-order chi connectivity index (χ1) is 7.21. The highest BCUT2D eigenvalue weighted by molar-refractivity contribution is 5.97.